The number of nitriles is 1. The summed E-state index contributed by atoms with van der Waals surface area (Å²) in [7, 11) is -1.38. The molecule has 0 atom stereocenters. The molecule has 3 rings (SSSR count). The van der Waals surface area contributed by atoms with E-state index in [9.17, 15) is 8.42 Å². The molecule has 0 N–H and O–H groups in total. The lowest BCUT2D eigenvalue weighted by molar-refractivity contribution is 0.585. The zero-order chi connectivity index (χ0) is 17.3. The number of aryl methyl sites for hydroxylation is 1. The molecule has 1 aliphatic heterocycles. The molecule has 24 heavy (non-hydrogen) atoms. The highest BCUT2D eigenvalue weighted by Gasteiger charge is 2.27. The van der Waals surface area contributed by atoms with Gasteiger partial charge in [-0.25, -0.2) is 8.42 Å². The summed E-state index contributed by atoms with van der Waals surface area (Å²) in [5, 5.41) is 9.10. The fourth-order valence-electron chi connectivity index (χ4n) is 3.29. The Morgan fingerprint density at radius 3 is 2.71 bits per heavy atom. The molecule has 1 aromatic heterocycles. The van der Waals surface area contributed by atoms with Crippen LogP contribution in [0.2, 0.25) is 0 Å². The minimum absolute atomic E-state index is 0.178. The van der Waals surface area contributed by atoms with Crippen LogP contribution in [0.25, 0.3) is 11.3 Å². The molecular weight excluding hydrogens is 322 g/mol. The molecule has 0 radical (unpaired) electrons. The third kappa shape index (κ3) is 2.80. The Morgan fingerprint density at radius 2 is 2.04 bits per heavy atom. The molecule has 126 valence electrons. The maximum atomic E-state index is 12.5. The van der Waals surface area contributed by atoms with Gasteiger partial charge in [0.1, 0.15) is 11.8 Å². The zero-order valence-corrected chi connectivity index (χ0v) is 14.8. The van der Waals surface area contributed by atoms with Crippen molar-refractivity contribution in [3.8, 4) is 17.3 Å². The molecule has 0 amide bonds. The van der Waals surface area contributed by atoms with E-state index in [2.05, 4.69) is 12.1 Å². The maximum absolute atomic E-state index is 12.5. The Morgan fingerprint density at radius 1 is 1.25 bits per heavy atom. The fourth-order valence-corrected chi connectivity index (χ4v) is 4.91. The van der Waals surface area contributed by atoms with Crippen LogP contribution in [-0.2, 0) is 23.5 Å². The number of rotatable bonds is 4. The number of anilines is 1. The van der Waals surface area contributed by atoms with Gasteiger partial charge in [0, 0.05) is 19.3 Å². The Balaban J connectivity index is 2.03. The molecule has 1 aromatic carbocycles. The summed E-state index contributed by atoms with van der Waals surface area (Å²) in [5.74, 6) is 0.178. The third-order valence-corrected chi connectivity index (χ3v) is 6.46. The molecule has 5 nitrogen and oxygen atoms in total. The highest BCUT2D eigenvalue weighted by molar-refractivity contribution is 7.92. The summed E-state index contributed by atoms with van der Waals surface area (Å²) in [5.41, 5.74) is 4.43. The van der Waals surface area contributed by atoms with E-state index in [1.807, 2.05) is 36.7 Å². The van der Waals surface area contributed by atoms with Gasteiger partial charge in [0.05, 0.1) is 11.4 Å². The van der Waals surface area contributed by atoms with Crippen molar-refractivity contribution in [2.75, 3.05) is 16.6 Å². The predicted octanol–water partition coefficient (Wildman–Crippen LogP) is 3.06. The fraction of sp³-hybridized carbons (Fsp3) is 0.389. The summed E-state index contributed by atoms with van der Waals surface area (Å²) in [6.45, 7) is 2.44. The molecule has 0 aliphatic carbocycles. The second kappa shape index (κ2) is 6.33. The number of sulfonamides is 1. The van der Waals surface area contributed by atoms with E-state index in [1.54, 1.807) is 10.4 Å². The molecule has 0 saturated carbocycles. The van der Waals surface area contributed by atoms with Gasteiger partial charge in [-0.2, -0.15) is 5.26 Å². The molecule has 0 saturated heterocycles. The van der Waals surface area contributed by atoms with Crippen molar-refractivity contribution >= 4 is 15.7 Å². The van der Waals surface area contributed by atoms with Crippen molar-refractivity contribution in [1.29, 1.82) is 5.26 Å². The lowest BCUT2D eigenvalue weighted by Crippen LogP contribution is -2.37. The first-order valence-electron chi connectivity index (χ1n) is 8.17. The first-order chi connectivity index (χ1) is 11.5. The van der Waals surface area contributed by atoms with Gasteiger partial charge in [-0.1, -0.05) is 13.0 Å². The molecule has 2 aromatic rings. The van der Waals surface area contributed by atoms with Crippen molar-refractivity contribution < 1.29 is 8.42 Å². The molecule has 0 bridgehead atoms. The lowest BCUT2D eigenvalue weighted by atomic mass is 9.99. The second-order valence-electron chi connectivity index (χ2n) is 6.11. The Labute approximate surface area is 143 Å². The van der Waals surface area contributed by atoms with E-state index < -0.39 is 10.0 Å². The van der Waals surface area contributed by atoms with Gasteiger partial charge in [0.15, 0.2) is 0 Å². The van der Waals surface area contributed by atoms with Crippen molar-refractivity contribution in [2.45, 2.75) is 26.2 Å². The highest BCUT2D eigenvalue weighted by Crippen LogP contribution is 2.33. The van der Waals surface area contributed by atoms with Crippen LogP contribution in [0.1, 0.15) is 31.0 Å². The van der Waals surface area contributed by atoms with Gasteiger partial charge < -0.3 is 4.57 Å². The van der Waals surface area contributed by atoms with E-state index >= 15 is 0 Å². The molecule has 0 fully saturated rings. The standard InChI is InChI=1S/C18H21N3O2S/c1-3-11-24(22,23)21-10-4-5-14-12-15(6-8-18(14)21)17-9-7-16(13-19)20(17)2/h6-9,12H,3-5,10-11H2,1-2H3. The SMILES string of the molecule is CCCS(=O)(=O)N1CCCc2cc(-c3ccc(C#N)n3C)ccc21. The number of aromatic nitrogens is 1. The van der Waals surface area contributed by atoms with E-state index in [1.165, 1.54) is 0 Å². The molecule has 2 heterocycles. The smallest absolute Gasteiger partial charge is 0.235 e. The second-order valence-corrected chi connectivity index (χ2v) is 8.12. The van der Waals surface area contributed by atoms with Crippen molar-refractivity contribution in [3.05, 3.63) is 41.6 Å². The Kier molecular flexibility index (Phi) is 4.37. The van der Waals surface area contributed by atoms with Gasteiger partial charge in [-0.15, -0.1) is 0 Å². The van der Waals surface area contributed by atoms with Gasteiger partial charge >= 0.3 is 0 Å². The monoisotopic (exact) mass is 343 g/mol. The van der Waals surface area contributed by atoms with E-state index in [-0.39, 0.29) is 5.75 Å². The quantitative estimate of drug-likeness (QED) is 0.857. The summed E-state index contributed by atoms with van der Waals surface area (Å²) in [6.07, 6.45) is 2.32. The van der Waals surface area contributed by atoms with E-state index in [0.29, 0.717) is 18.7 Å². The number of nitrogens with zero attached hydrogens (tertiary/aromatic N) is 3. The third-order valence-electron chi connectivity index (χ3n) is 4.49. The number of fused-ring (bicyclic) bond motifs is 1. The van der Waals surface area contributed by atoms with Crippen LogP contribution in [0.5, 0.6) is 0 Å². The van der Waals surface area contributed by atoms with E-state index in [4.69, 9.17) is 5.26 Å². The minimum Gasteiger partial charge on any atom is -0.335 e. The topological polar surface area (TPSA) is 66.1 Å². The predicted molar refractivity (Wildman–Crippen MR) is 95.3 cm³/mol. The van der Waals surface area contributed by atoms with Crippen molar-refractivity contribution in [2.24, 2.45) is 7.05 Å². The van der Waals surface area contributed by atoms with Gasteiger partial charge in [0.2, 0.25) is 10.0 Å². The van der Waals surface area contributed by atoms with E-state index in [0.717, 1.165) is 35.3 Å². The molecule has 0 spiro atoms. The van der Waals surface area contributed by atoms with Gasteiger partial charge in [-0.3, -0.25) is 4.31 Å². The Bertz CT molecular complexity index is 907. The molecule has 6 heteroatoms. The molecule has 0 unspecified atom stereocenters. The first kappa shape index (κ1) is 16.6. The number of hydrogen-bond donors (Lipinski definition) is 0. The lowest BCUT2D eigenvalue weighted by Gasteiger charge is -2.30. The molecular formula is C18H21N3O2S. The van der Waals surface area contributed by atoms with Crippen molar-refractivity contribution in [1.82, 2.24) is 4.57 Å². The van der Waals surface area contributed by atoms with Crippen LogP contribution >= 0.6 is 0 Å². The summed E-state index contributed by atoms with van der Waals surface area (Å²) in [4.78, 5) is 0. The summed E-state index contributed by atoms with van der Waals surface area (Å²) < 4.78 is 28.4. The largest absolute Gasteiger partial charge is 0.335 e. The Hall–Kier alpha value is -2.26. The van der Waals surface area contributed by atoms with Crippen LogP contribution in [0.3, 0.4) is 0 Å². The number of hydrogen-bond acceptors (Lipinski definition) is 3. The normalized spacial score (nSPS) is 14.3. The minimum atomic E-state index is -3.25. The average Bonchev–Trinajstić information content (AvgIpc) is 2.94. The van der Waals surface area contributed by atoms with Crippen LogP contribution in [0.4, 0.5) is 5.69 Å². The zero-order valence-electron chi connectivity index (χ0n) is 14.0. The first-order valence-corrected chi connectivity index (χ1v) is 9.78. The van der Waals surface area contributed by atoms with Gasteiger partial charge in [0.25, 0.3) is 0 Å². The summed E-state index contributed by atoms with van der Waals surface area (Å²) in [6, 6.07) is 11.8. The number of benzene rings is 1. The van der Waals surface area contributed by atoms with Crippen LogP contribution in [0, 0.1) is 11.3 Å². The van der Waals surface area contributed by atoms with Crippen LogP contribution < -0.4 is 4.31 Å². The molecule has 1 aliphatic rings. The maximum Gasteiger partial charge on any atom is 0.235 e. The summed E-state index contributed by atoms with van der Waals surface area (Å²) >= 11 is 0. The van der Waals surface area contributed by atoms with Crippen LogP contribution in [-0.4, -0.2) is 25.3 Å². The van der Waals surface area contributed by atoms with Crippen LogP contribution in [0.15, 0.2) is 30.3 Å². The van der Waals surface area contributed by atoms with Gasteiger partial charge in [-0.05, 0) is 54.7 Å². The average molecular weight is 343 g/mol. The highest BCUT2D eigenvalue weighted by atomic mass is 32.2. The van der Waals surface area contributed by atoms with Crippen molar-refractivity contribution in [3.63, 3.8) is 0 Å².